The van der Waals surface area contributed by atoms with E-state index in [9.17, 15) is 5.11 Å². The minimum absolute atomic E-state index is 0.314. The normalized spacial score (nSPS) is 39.0. The largest absolute Gasteiger partial charge is 0.388 e. The van der Waals surface area contributed by atoms with E-state index in [1.807, 2.05) is 6.92 Å². The van der Waals surface area contributed by atoms with Crippen molar-refractivity contribution >= 4 is 0 Å². The van der Waals surface area contributed by atoms with Gasteiger partial charge in [0.15, 0.2) is 0 Å². The molecule has 0 aromatic carbocycles. The van der Waals surface area contributed by atoms with Crippen molar-refractivity contribution in [3.8, 4) is 0 Å². The highest BCUT2D eigenvalue weighted by Crippen LogP contribution is 2.33. The number of hydrogen-bond donors (Lipinski definition) is 2. The van der Waals surface area contributed by atoms with Crippen molar-refractivity contribution in [2.45, 2.75) is 50.8 Å². The van der Waals surface area contributed by atoms with E-state index < -0.39 is 5.60 Å². The maximum Gasteiger partial charge on any atom is 0.0798 e. The monoisotopic (exact) mass is 198 g/mol. The first kappa shape index (κ1) is 10.4. The Hall–Kier alpha value is -0.120. The van der Waals surface area contributed by atoms with E-state index in [0.29, 0.717) is 6.04 Å². The molecule has 0 bridgehead atoms. The molecule has 14 heavy (non-hydrogen) atoms. The van der Waals surface area contributed by atoms with Crippen LogP contribution in [-0.4, -0.2) is 47.3 Å². The highest BCUT2D eigenvalue weighted by Gasteiger charge is 2.42. The average molecular weight is 198 g/mol. The maximum atomic E-state index is 10.3. The zero-order chi connectivity index (χ0) is 10.2. The van der Waals surface area contributed by atoms with E-state index in [0.717, 1.165) is 32.1 Å². The number of rotatable bonds is 3. The second-order valence-electron chi connectivity index (χ2n) is 4.89. The fraction of sp³-hybridized carbons (Fsp3) is 1.00. The molecule has 1 aliphatic heterocycles. The van der Waals surface area contributed by atoms with Crippen LogP contribution in [0.5, 0.6) is 0 Å². The van der Waals surface area contributed by atoms with Gasteiger partial charge < -0.3 is 10.4 Å². The van der Waals surface area contributed by atoms with Crippen LogP contribution in [-0.2, 0) is 0 Å². The van der Waals surface area contributed by atoms with Gasteiger partial charge in [-0.15, -0.1) is 0 Å². The number of nitrogens with one attached hydrogen (secondary N) is 1. The second-order valence-corrected chi connectivity index (χ2v) is 4.89. The molecule has 2 N–H and O–H groups in total. The van der Waals surface area contributed by atoms with Gasteiger partial charge in [-0.3, -0.25) is 4.90 Å². The first-order valence-electron chi connectivity index (χ1n) is 5.84. The fourth-order valence-electron chi connectivity index (χ4n) is 2.58. The van der Waals surface area contributed by atoms with Crippen LogP contribution < -0.4 is 5.32 Å². The van der Waals surface area contributed by atoms with Crippen LogP contribution >= 0.6 is 0 Å². The van der Waals surface area contributed by atoms with Crippen molar-refractivity contribution in [3.63, 3.8) is 0 Å². The molecular weight excluding hydrogens is 176 g/mol. The molecule has 1 aliphatic carbocycles. The molecule has 1 heterocycles. The number of hydrogen-bond acceptors (Lipinski definition) is 3. The Kier molecular flexibility index (Phi) is 2.82. The van der Waals surface area contributed by atoms with Crippen molar-refractivity contribution in [3.05, 3.63) is 0 Å². The van der Waals surface area contributed by atoms with Crippen molar-refractivity contribution < 1.29 is 5.11 Å². The summed E-state index contributed by atoms with van der Waals surface area (Å²) in [5.74, 6) is 0. The lowest BCUT2D eigenvalue weighted by Gasteiger charge is -2.44. The fourth-order valence-corrected chi connectivity index (χ4v) is 2.58. The van der Waals surface area contributed by atoms with Gasteiger partial charge in [-0.1, -0.05) is 6.92 Å². The Bertz CT molecular complexity index is 201. The lowest BCUT2D eigenvalue weighted by molar-refractivity contribution is -0.0542. The molecule has 3 heteroatoms. The van der Waals surface area contributed by atoms with Gasteiger partial charge in [0.2, 0.25) is 0 Å². The number of aliphatic hydroxyl groups is 1. The summed E-state index contributed by atoms with van der Waals surface area (Å²) < 4.78 is 0. The molecule has 0 spiro atoms. The van der Waals surface area contributed by atoms with Crippen molar-refractivity contribution in [1.29, 1.82) is 0 Å². The van der Waals surface area contributed by atoms with Gasteiger partial charge in [-0.25, -0.2) is 0 Å². The lowest BCUT2D eigenvalue weighted by atomic mass is 9.88. The predicted octanol–water partition coefficient (Wildman–Crippen LogP) is 0.584. The van der Waals surface area contributed by atoms with Gasteiger partial charge in [0, 0.05) is 12.6 Å². The van der Waals surface area contributed by atoms with E-state index >= 15 is 0 Å². The third-order valence-electron chi connectivity index (χ3n) is 3.64. The van der Waals surface area contributed by atoms with Crippen LogP contribution in [0.2, 0.25) is 0 Å². The number of piperidine rings is 1. The molecule has 1 saturated carbocycles. The zero-order valence-electron chi connectivity index (χ0n) is 9.29. The van der Waals surface area contributed by atoms with E-state index in [1.54, 1.807) is 0 Å². The second kappa shape index (κ2) is 3.80. The topological polar surface area (TPSA) is 35.5 Å². The van der Waals surface area contributed by atoms with Gasteiger partial charge in [-0.05, 0) is 39.3 Å². The lowest BCUT2D eigenvalue weighted by Crippen LogP contribution is -2.60. The third kappa shape index (κ3) is 1.95. The highest BCUT2D eigenvalue weighted by atomic mass is 16.3. The molecule has 2 fully saturated rings. The molecular formula is C11H22N2O. The quantitative estimate of drug-likeness (QED) is 0.696. The Morgan fingerprint density at radius 3 is 2.71 bits per heavy atom. The average Bonchev–Trinajstić information content (AvgIpc) is 2.92. The van der Waals surface area contributed by atoms with Gasteiger partial charge in [0.1, 0.15) is 0 Å². The Morgan fingerprint density at radius 2 is 2.21 bits per heavy atom. The van der Waals surface area contributed by atoms with Gasteiger partial charge in [-0.2, -0.15) is 0 Å². The van der Waals surface area contributed by atoms with Crippen LogP contribution in [0.15, 0.2) is 0 Å². The van der Waals surface area contributed by atoms with Crippen molar-refractivity contribution in [1.82, 2.24) is 10.2 Å². The molecule has 2 unspecified atom stereocenters. The number of nitrogens with zero attached hydrogens (tertiary/aromatic N) is 1. The molecule has 2 atom stereocenters. The summed E-state index contributed by atoms with van der Waals surface area (Å²) in [7, 11) is 0. The number of likely N-dealkylation sites (N-methyl/N-ethyl adjacent to an activating group) is 1. The summed E-state index contributed by atoms with van der Waals surface area (Å²) in [6.45, 7) is 7.14. The molecule has 0 aromatic rings. The summed E-state index contributed by atoms with van der Waals surface area (Å²) >= 11 is 0. The minimum atomic E-state index is -0.496. The molecule has 82 valence electrons. The molecule has 3 nitrogen and oxygen atoms in total. The maximum absolute atomic E-state index is 10.3. The van der Waals surface area contributed by atoms with Gasteiger partial charge >= 0.3 is 0 Å². The van der Waals surface area contributed by atoms with Crippen LogP contribution in [0.3, 0.4) is 0 Å². The summed E-state index contributed by atoms with van der Waals surface area (Å²) in [4.78, 5) is 2.48. The first-order chi connectivity index (χ1) is 6.65. The molecule has 1 saturated heterocycles. The standard InChI is InChI=1S/C11H22N2O/c1-3-13(9-4-5-9)10-8-12-7-6-11(10,2)14/h9-10,12,14H,3-8H2,1-2H3. The third-order valence-corrected chi connectivity index (χ3v) is 3.64. The first-order valence-corrected chi connectivity index (χ1v) is 5.84. The van der Waals surface area contributed by atoms with Gasteiger partial charge in [0.25, 0.3) is 0 Å². The summed E-state index contributed by atoms with van der Waals surface area (Å²) in [5.41, 5.74) is -0.496. The predicted molar refractivity (Wildman–Crippen MR) is 57.3 cm³/mol. The van der Waals surface area contributed by atoms with Crippen LogP contribution in [0, 0.1) is 0 Å². The van der Waals surface area contributed by atoms with Crippen LogP contribution in [0.4, 0.5) is 0 Å². The Morgan fingerprint density at radius 1 is 1.50 bits per heavy atom. The van der Waals surface area contributed by atoms with Crippen LogP contribution in [0.1, 0.15) is 33.1 Å². The van der Waals surface area contributed by atoms with E-state index in [-0.39, 0.29) is 0 Å². The molecule has 2 rings (SSSR count). The summed E-state index contributed by atoms with van der Waals surface area (Å²) in [6.07, 6.45) is 3.52. The van der Waals surface area contributed by atoms with Gasteiger partial charge in [0.05, 0.1) is 11.6 Å². The zero-order valence-corrected chi connectivity index (χ0v) is 9.29. The van der Waals surface area contributed by atoms with E-state index in [2.05, 4.69) is 17.1 Å². The van der Waals surface area contributed by atoms with E-state index in [1.165, 1.54) is 12.8 Å². The smallest absolute Gasteiger partial charge is 0.0798 e. The Balaban J connectivity index is 2.04. The van der Waals surface area contributed by atoms with Crippen molar-refractivity contribution in [2.75, 3.05) is 19.6 Å². The Labute approximate surface area is 86.5 Å². The highest BCUT2D eigenvalue weighted by molar-refractivity contribution is 4.99. The molecule has 0 radical (unpaired) electrons. The SMILES string of the molecule is CCN(C1CC1)C1CNCCC1(C)O. The van der Waals surface area contributed by atoms with Crippen molar-refractivity contribution in [2.24, 2.45) is 0 Å². The summed E-state index contributed by atoms with van der Waals surface area (Å²) in [5, 5.41) is 13.7. The van der Waals surface area contributed by atoms with E-state index in [4.69, 9.17) is 0 Å². The molecule has 0 amide bonds. The minimum Gasteiger partial charge on any atom is -0.388 e. The summed E-state index contributed by atoms with van der Waals surface area (Å²) in [6, 6.07) is 1.06. The molecule has 0 aromatic heterocycles. The molecule has 2 aliphatic rings. The van der Waals surface area contributed by atoms with Crippen LogP contribution in [0.25, 0.3) is 0 Å².